The first kappa shape index (κ1) is 17.5. The van der Waals surface area contributed by atoms with Crippen molar-refractivity contribution in [2.45, 2.75) is 24.9 Å². The third kappa shape index (κ3) is 3.76. The zero-order valence-electron chi connectivity index (χ0n) is 13.3. The molecule has 0 bridgehead atoms. The number of anilines is 2. The van der Waals surface area contributed by atoms with Crippen molar-refractivity contribution in [1.29, 1.82) is 0 Å². The van der Waals surface area contributed by atoms with Crippen molar-refractivity contribution in [2.24, 2.45) is 0 Å². The van der Waals surface area contributed by atoms with Crippen LogP contribution in [0.3, 0.4) is 0 Å². The summed E-state index contributed by atoms with van der Waals surface area (Å²) in [4.78, 5) is 0. The van der Waals surface area contributed by atoms with Gasteiger partial charge in [-0.2, -0.15) is 13.2 Å². The molecule has 1 saturated carbocycles. The monoisotopic (exact) mass is 439 g/mol. The van der Waals surface area contributed by atoms with Gasteiger partial charge < -0.3 is 5.32 Å². The van der Waals surface area contributed by atoms with E-state index in [4.69, 9.17) is 0 Å². The fourth-order valence-corrected chi connectivity index (χ4v) is 3.94. The van der Waals surface area contributed by atoms with Crippen molar-refractivity contribution < 1.29 is 13.2 Å². The fraction of sp³-hybridized carbons (Fsp3) is 0.222. The van der Waals surface area contributed by atoms with Crippen LogP contribution >= 0.6 is 27.3 Å². The molecule has 1 aromatic heterocycles. The number of hydrogen-bond donors (Lipinski definition) is 1. The van der Waals surface area contributed by atoms with Crippen molar-refractivity contribution in [2.75, 3.05) is 5.32 Å². The number of aromatic nitrogens is 2. The van der Waals surface area contributed by atoms with Gasteiger partial charge in [-0.1, -0.05) is 27.3 Å². The van der Waals surface area contributed by atoms with Crippen LogP contribution in [0, 0.1) is 0 Å². The van der Waals surface area contributed by atoms with E-state index in [-0.39, 0.29) is 0 Å². The Kier molecular flexibility index (Phi) is 4.48. The van der Waals surface area contributed by atoms with Gasteiger partial charge in [0.05, 0.1) is 5.56 Å². The first-order valence-electron chi connectivity index (χ1n) is 7.98. The minimum Gasteiger partial charge on any atom is -0.355 e. The summed E-state index contributed by atoms with van der Waals surface area (Å²) in [5.41, 5.74) is 1.54. The van der Waals surface area contributed by atoms with Gasteiger partial charge in [0.2, 0.25) is 0 Å². The number of nitrogens with one attached hydrogen (secondary N) is 1. The van der Waals surface area contributed by atoms with Gasteiger partial charge in [-0.25, -0.2) is 0 Å². The van der Waals surface area contributed by atoms with E-state index in [2.05, 4.69) is 31.4 Å². The van der Waals surface area contributed by atoms with Crippen LogP contribution in [0.25, 0.3) is 10.6 Å². The lowest BCUT2D eigenvalue weighted by Crippen LogP contribution is -2.04. The zero-order valence-corrected chi connectivity index (χ0v) is 15.8. The highest BCUT2D eigenvalue weighted by Gasteiger charge is 2.30. The first-order valence-corrected chi connectivity index (χ1v) is 9.59. The van der Waals surface area contributed by atoms with Gasteiger partial charge in [0.25, 0.3) is 0 Å². The Hall–Kier alpha value is -1.93. The molecule has 2 aromatic carbocycles. The van der Waals surface area contributed by atoms with Crippen LogP contribution in [0.15, 0.2) is 46.9 Å². The summed E-state index contributed by atoms with van der Waals surface area (Å²) < 4.78 is 39.0. The summed E-state index contributed by atoms with van der Waals surface area (Å²) in [6.07, 6.45) is -2.03. The van der Waals surface area contributed by atoms with Gasteiger partial charge >= 0.3 is 6.18 Å². The molecule has 1 aliphatic carbocycles. The molecule has 0 spiro atoms. The Bertz CT molecular complexity index is 934. The molecule has 0 saturated heterocycles. The second-order valence-electron chi connectivity index (χ2n) is 6.11. The minimum absolute atomic E-state index is 0.528. The van der Waals surface area contributed by atoms with Gasteiger partial charge in [0, 0.05) is 27.3 Å². The van der Waals surface area contributed by atoms with Gasteiger partial charge in [-0.05, 0) is 55.3 Å². The Morgan fingerprint density at radius 1 is 1.04 bits per heavy atom. The molecule has 3 aromatic rings. The summed E-state index contributed by atoms with van der Waals surface area (Å²) in [5.74, 6) is 0.528. The summed E-state index contributed by atoms with van der Waals surface area (Å²) in [7, 11) is 0. The smallest absolute Gasteiger partial charge is 0.355 e. The SMILES string of the molecule is FC(F)(F)c1ccc(Nc2ccc(Br)cc2-c2nnc(C3CC3)s2)cc1. The normalized spacial score (nSPS) is 14.5. The van der Waals surface area contributed by atoms with Crippen molar-refractivity contribution in [1.82, 2.24) is 10.2 Å². The van der Waals surface area contributed by atoms with Crippen LogP contribution in [0.1, 0.15) is 29.3 Å². The Labute approximate surface area is 160 Å². The number of rotatable bonds is 4. The van der Waals surface area contributed by atoms with Crippen LogP contribution in [0.2, 0.25) is 0 Å². The molecule has 4 rings (SSSR count). The van der Waals surface area contributed by atoms with Crippen molar-refractivity contribution in [3.05, 3.63) is 57.5 Å². The zero-order chi connectivity index (χ0) is 18.3. The largest absolute Gasteiger partial charge is 0.416 e. The molecule has 8 heteroatoms. The van der Waals surface area contributed by atoms with E-state index >= 15 is 0 Å². The molecule has 0 amide bonds. The lowest BCUT2D eigenvalue weighted by molar-refractivity contribution is -0.137. The summed E-state index contributed by atoms with van der Waals surface area (Å²) in [6.45, 7) is 0. The summed E-state index contributed by atoms with van der Waals surface area (Å²) >= 11 is 5.03. The molecule has 0 unspecified atom stereocenters. The summed E-state index contributed by atoms with van der Waals surface area (Å²) in [5, 5.41) is 13.6. The molecule has 1 fully saturated rings. The van der Waals surface area contributed by atoms with Crippen LogP contribution < -0.4 is 5.32 Å². The van der Waals surface area contributed by atoms with Crippen LogP contribution in [0.4, 0.5) is 24.5 Å². The van der Waals surface area contributed by atoms with E-state index in [1.54, 1.807) is 11.3 Å². The Morgan fingerprint density at radius 3 is 2.42 bits per heavy atom. The third-order valence-corrected chi connectivity index (χ3v) is 5.68. The highest BCUT2D eigenvalue weighted by Crippen LogP contribution is 2.44. The fourth-order valence-electron chi connectivity index (χ4n) is 2.54. The van der Waals surface area contributed by atoms with E-state index in [1.165, 1.54) is 12.1 Å². The number of halogens is 4. The number of hydrogen-bond acceptors (Lipinski definition) is 4. The average Bonchev–Trinajstić information content (AvgIpc) is 3.33. The second kappa shape index (κ2) is 6.66. The predicted molar refractivity (Wildman–Crippen MR) is 99.7 cm³/mol. The van der Waals surface area contributed by atoms with Crippen LogP contribution in [-0.4, -0.2) is 10.2 Å². The maximum absolute atomic E-state index is 12.7. The number of benzene rings is 2. The Morgan fingerprint density at radius 2 is 1.77 bits per heavy atom. The van der Waals surface area contributed by atoms with Gasteiger partial charge in [-0.3, -0.25) is 0 Å². The topological polar surface area (TPSA) is 37.8 Å². The standard InChI is InChI=1S/C18H13BrF3N3S/c19-12-5-8-15(23-13-6-3-11(4-7-13)18(20,21)22)14(9-12)17-25-24-16(26-17)10-1-2-10/h3-10,23H,1-2H2. The van der Waals surface area contributed by atoms with E-state index in [1.807, 2.05) is 18.2 Å². The molecule has 0 atom stereocenters. The molecule has 1 heterocycles. The molecule has 1 aliphatic rings. The van der Waals surface area contributed by atoms with Crippen LogP contribution in [0.5, 0.6) is 0 Å². The first-order chi connectivity index (χ1) is 12.4. The highest BCUT2D eigenvalue weighted by molar-refractivity contribution is 9.10. The van der Waals surface area contributed by atoms with Crippen molar-refractivity contribution in [3.8, 4) is 10.6 Å². The quantitative estimate of drug-likeness (QED) is 0.496. The number of alkyl halides is 3. The van der Waals surface area contributed by atoms with E-state index in [9.17, 15) is 13.2 Å². The molecule has 3 nitrogen and oxygen atoms in total. The third-order valence-electron chi connectivity index (χ3n) is 4.07. The number of nitrogens with zero attached hydrogens (tertiary/aromatic N) is 2. The molecule has 0 aliphatic heterocycles. The van der Waals surface area contributed by atoms with Gasteiger partial charge in [0.15, 0.2) is 0 Å². The summed E-state index contributed by atoms with van der Waals surface area (Å²) in [6, 6.07) is 10.7. The molecule has 0 radical (unpaired) electrons. The maximum atomic E-state index is 12.7. The molecular formula is C18H13BrF3N3S. The maximum Gasteiger partial charge on any atom is 0.416 e. The average molecular weight is 440 g/mol. The molecule has 26 heavy (non-hydrogen) atoms. The van der Waals surface area contributed by atoms with Crippen molar-refractivity contribution in [3.63, 3.8) is 0 Å². The van der Waals surface area contributed by atoms with E-state index in [0.717, 1.165) is 50.7 Å². The lowest BCUT2D eigenvalue weighted by atomic mass is 10.1. The lowest BCUT2D eigenvalue weighted by Gasteiger charge is -2.12. The molecule has 134 valence electrons. The Balaban J connectivity index is 1.63. The second-order valence-corrected chi connectivity index (χ2v) is 8.03. The van der Waals surface area contributed by atoms with Gasteiger partial charge in [0.1, 0.15) is 10.0 Å². The molecular weight excluding hydrogens is 427 g/mol. The van der Waals surface area contributed by atoms with Crippen LogP contribution in [-0.2, 0) is 6.18 Å². The highest BCUT2D eigenvalue weighted by atomic mass is 79.9. The minimum atomic E-state index is -4.34. The van der Waals surface area contributed by atoms with Crippen molar-refractivity contribution >= 4 is 38.6 Å². The predicted octanol–water partition coefficient (Wildman–Crippen LogP) is 6.61. The van der Waals surface area contributed by atoms with E-state index in [0.29, 0.717) is 11.6 Å². The molecule has 1 N–H and O–H groups in total. The van der Waals surface area contributed by atoms with E-state index < -0.39 is 11.7 Å². The van der Waals surface area contributed by atoms with Gasteiger partial charge in [-0.15, -0.1) is 10.2 Å².